The van der Waals surface area contributed by atoms with Crippen molar-refractivity contribution in [3.63, 3.8) is 0 Å². The zero-order chi connectivity index (χ0) is 11.8. The minimum Gasteiger partial charge on any atom is -0.388 e. The van der Waals surface area contributed by atoms with E-state index < -0.39 is 6.10 Å². The van der Waals surface area contributed by atoms with Crippen molar-refractivity contribution in [1.82, 2.24) is 0 Å². The van der Waals surface area contributed by atoms with E-state index in [-0.39, 0.29) is 0 Å². The molecule has 1 unspecified atom stereocenters. The molecule has 0 spiro atoms. The third-order valence-corrected chi connectivity index (χ3v) is 3.15. The summed E-state index contributed by atoms with van der Waals surface area (Å²) < 4.78 is 0. The first kappa shape index (κ1) is 10.3. The van der Waals surface area contributed by atoms with Crippen molar-refractivity contribution in [2.75, 3.05) is 0 Å². The van der Waals surface area contributed by atoms with Gasteiger partial charge in [-0.15, -0.1) is 0 Å². The van der Waals surface area contributed by atoms with E-state index in [2.05, 4.69) is 25.1 Å². The predicted molar refractivity (Wildman–Crippen MR) is 71.8 cm³/mol. The van der Waals surface area contributed by atoms with Crippen molar-refractivity contribution < 1.29 is 5.11 Å². The van der Waals surface area contributed by atoms with Gasteiger partial charge in [-0.25, -0.2) is 0 Å². The number of benzene rings is 3. The number of aliphatic hydroxyl groups excluding tert-OH is 1. The van der Waals surface area contributed by atoms with Crippen LogP contribution < -0.4 is 0 Å². The minimum absolute atomic E-state index is 0.703. The monoisotopic (exact) mass is 221 g/mol. The highest BCUT2D eigenvalue weighted by molar-refractivity contribution is 6.02. The highest BCUT2D eigenvalue weighted by atomic mass is 16.3. The van der Waals surface area contributed by atoms with Crippen molar-refractivity contribution >= 4 is 21.5 Å². The molecular weight excluding hydrogens is 208 g/mol. The summed E-state index contributed by atoms with van der Waals surface area (Å²) in [6.07, 6.45) is -0.703. The van der Waals surface area contributed by atoms with Crippen molar-refractivity contribution in [3.05, 3.63) is 67.1 Å². The van der Waals surface area contributed by atoms with Gasteiger partial charge in [-0.1, -0.05) is 48.5 Å². The second kappa shape index (κ2) is 3.86. The molecule has 17 heavy (non-hydrogen) atoms. The van der Waals surface area contributed by atoms with Gasteiger partial charge >= 0.3 is 0 Å². The molecule has 3 aromatic carbocycles. The van der Waals surface area contributed by atoms with Crippen LogP contribution in [0, 0.1) is 6.92 Å². The molecule has 0 aliphatic carbocycles. The van der Waals surface area contributed by atoms with Crippen LogP contribution in [-0.4, -0.2) is 5.11 Å². The fourth-order valence-corrected chi connectivity index (χ4v) is 2.41. The number of hydrogen-bond acceptors (Lipinski definition) is 1. The second-order valence-electron chi connectivity index (χ2n) is 4.25. The van der Waals surface area contributed by atoms with Gasteiger partial charge in [0.2, 0.25) is 0 Å². The van der Waals surface area contributed by atoms with Crippen LogP contribution >= 0.6 is 0 Å². The van der Waals surface area contributed by atoms with E-state index in [1.165, 1.54) is 0 Å². The van der Waals surface area contributed by atoms with Crippen LogP contribution in [0.4, 0.5) is 0 Å². The molecule has 0 saturated heterocycles. The standard InChI is InChI=1S/C16H13O/c1-11(17)16-14-8-4-2-6-12(14)10-13-7-3-5-9-15(13)16/h2-11,17H,1H2. The van der Waals surface area contributed by atoms with Crippen molar-refractivity contribution in [2.45, 2.75) is 6.10 Å². The quantitative estimate of drug-likeness (QED) is 0.619. The molecule has 1 heteroatoms. The number of fused-ring (bicyclic) bond motifs is 2. The SMILES string of the molecule is [CH2]C(O)c1c2ccccc2cc2ccccc12. The van der Waals surface area contributed by atoms with E-state index >= 15 is 0 Å². The van der Waals surface area contributed by atoms with E-state index in [9.17, 15) is 5.11 Å². The maximum atomic E-state index is 9.91. The second-order valence-corrected chi connectivity index (χ2v) is 4.25. The molecule has 0 aliphatic rings. The Morgan fingerprint density at radius 3 is 1.76 bits per heavy atom. The summed E-state index contributed by atoms with van der Waals surface area (Å²) in [6.45, 7) is 3.76. The lowest BCUT2D eigenvalue weighted by Gasteiger charge is -2.13. The Labute approximate surface area is 100 Å². The van der Waals surface area contributed by atoms with Gasteiger partial charge in [0.25, 0.3) is 0 Å². The molecule has 3 aromatic rings. The molecule has 0 aliphatic heterocycles. The molecule has 0 fully saturated rings. The summed E-state index contributed by atoms with van der Waals surface area (Å²) in [5.74, 6) is 0. The predicted octanol–water partition coefficient (Wildman–Crippen LogP) is 3.86. The Morgan fingerprint density at radius 2 is 1.29 bits per heavy atom. The van der Waals surface area contributed by atoms with Gasteiger partial charge in [-0.2, -0.15) is 0 Å². The molecule has 0 heterocycles. The molecule has 1 nitrogen and oxygen atoms in total. The van der Waals surface area contributed by atoms with Crippen LogP contribution in [0.15, 0.2) is 54.6 Å². The normalized spacial score (nSPS) is 13.1. The lowest BCUT2D eigenvalue weighted by atomic mass is 9.94. The number of hydrogen-bond donors (Lipinski definition) is 1. The Bertz CT molecular complexity index is 629. The minimum atomic E-state index is -0.703. The van der Waals surface area contributed by atoms with Gasteiger partial charge in [0.05, 0.1) is 6.10 Å². The maximum absolute atomic E-state index is 9.91. The van der Waals surface area contributed by atoms with E-state index in [1.54, 1.807) is 0 Å². The highest BCUT2D eigenvalue weighted by Gasteiger charge is 2.11. The third kappa shape index (κ3) is 1.60. The summed E-state index contributed by atoms with van der Waals surface area (Å²) in [7, 11) is 0. The van der Waals surface area contributed by atoms with Gasteiger partial charge in [-0.3, -0.25) is 0 Å². The van der Waals surface area contributed by atoms with Crippen LogP contribution in [0.3, 0.4) is 0 Å². The highest BCUT2D eigenvalue weighted by Crippen LogP contribution is 2.32. The summed E-state index contributed by atoms with van der Waals surface area (Å²) in [5, 5.41) is 14.3. The fourth-order valence-electron chi connectivity index (χ4n) is 2.41. The summed E-state index contributed by atoms with van der Waals surface area (Å²) in [5.41, 5.74) is 0.915. The molecule has 0 bridgehead atoms. The van der Waals surface area contributed by atoms with Crippen molar-refractivity contribution in [1.29, 1.82) is 0 Å². The summed E-state index contributed by atoms with van der Waals surface area (Å²) in [4.78, 5) is 0. The lowest BCUT2D eigenvalue weighted by molar-refractivity contribution is 0.229. The summed E-state index contributed by atoms with van der Waals surface area (Å²) in [6, 6.07) is 18.3. The largest absolute Gasteiger partial charge is 0.388 e. The first-order valence-corrected chi connectivity index (χ1v) is 5.69. The molecule has 1 atom stereocenters. The fraction of sp³-hybridized carbons (Fsp3) is 0.0625. The van der Waals surface area contributed by atoms with Gasteiger partial charge in [0, 0.05) is 0 Å². The Kier molecular flexibility index (Phi) is 2.34. The Balaban J connectivity index is 2.56. The molecule has 0 saturated carbocycles. The molecule has 0 amide bonds. The number of rotatable bonds is 1. The molecule has 1 N–H and O–H groups in total. The molecule has 0 aromatic heterocycles. The first-order valence-electron chi connectivity index (χ1n) is 5.69. The van der Waals surface area contributed by atoms with Crippen molar-refractivity contribution in [3.8, 4) is 0 Å². The maximum Gasteiger partial charge on any atom is 0.0803 e. The lowest BCUT2D eigenvalue weighted by Crippen LogP contribution is -1.95. The third-order valence-electron chi connectivity index (χ3n) is 3.15. The van der Waals surface area contributed by atoms with Crippen LogP contribution in [0.1, 0.15) is 11.7 Å². The van der Waals surface area contributed by atoms with E-state index in [0.29, 0.717) is 0 Å². The molecule has 3 rings (SSSR count). The number of aliphatic hydroxyl groups is 1. The smallest absolute Gasteiger partial charge is 0.0803 e. The van der Waals surface area contributed by atoms with E-state index in [1.807, 2.05) is 36.4 Å². The van der Waals surface area contributed by atoms with E-state index in [4.69, 9.17) is 0 Å². The van der Waals surface area contributed by atoms with Crippen LogP contribution in [-0.2, 0) is 0 Å². The molecular formula is C16H13O. The van der Waals surface area contributed by atoms with Crippen LogP contribution in [0.5, 0.6) is 0 Å². The zero-order valence-corrected chi connectivity index (χ0v) is 9.43. The average molecular weight is 221 g/mol. The van der Waals surface area contributed by atoms with Gasteiger partial charge < -0.3 is 5.11 Å². The van der Waals surface area contributed by atoms with Gasteiger partial charge in [0.1, 0.15) is 0 Å². The topological polar surface area (TPSA) is 20.2 Å². The van der Waals surface area contributed by atoms with Crippen molar-refractivity contribution in [2.24, 2.45) is 0 Å². The van der Waals surface area contributed by atoms with E-state index in [0.717, 1.165) is 27.1 Å². The molecule has 1 radical (unpaired) electrons. The van der Waals surface area contributed by atoms with Gasteiger partial charge in [0.15, 0.2) is 0 Å². The Morgan fingerprint density at radius 1 is 0.824 bits per heavy atom. The molecule has 83 valence electrons. The zero-order valence-electron chi connectivity index (χ0n) is 9.43. The summed E-state index contributed by atoms with van der Waals surface area (Å²) >= 11 is 0. The van der Waals surface area contributed by atoms with Crippen LogP contribution in [0.2, 0.25) is 0 Å². The Hall–Kier alpha value is -1.86. The van der Waals surface area contributed by atoms with Crippen LogP contribution in [0.25, 0.3) is 21.5 Å². The first-order chi connectivity index (χ1) is 8.27. The van der Waals surface area contributed by atoms with Gasteiger partial charge in [-0.05, 0) is 40.1 Å². The average Bonchev–Trinajstić information content (AvgIpc) is 2.35.